The van der Waals surface area contributed by atoms with Gasteiger partial charge in [0.15, 0.2) is 0 Å². The standard InChI is InChI=1S/C4H2Br2N2/c5-3-1-7-8-2-4(3)6/h1-2H. The Morgan fingerprint density at radius 1 is 1.00 bits per heavy atom. The number of hydrogen-bond donors (Lipinski definition) is 0. The van der Waals surface area contributed by atoms with E-state index in [1.165, 1.54) is 0 Å². The maximum absolute atomic E-state index is 3.62. The van der Waals surface area contributed by atoms with Gasteiger partial charge in [0.1, 0.15) is 0 Å². The third kappa shape index (κ3) is 1.26. The first-order valence-corrected chi connectivity index (χ1v) is 3.51. The molecule has 0 radical (unpaired) electrons. The van der Waals surface area contributed by atoms with Gasteiger partial charge in [-0.3, -0.25) is 0 Å². The van der Waals surface area contributed by atoms with E-state index in [-0.39, 0.29) is 0 Å². The van der Waals surface area contributed by atoms with Crippen LogP contribution in [0.1, 0.15) is 0 Å². The molecular formula is C4H2Br2N2. The van der Waals surface area contributed by atoms with E-state index in [4.69, 9.17) is 0 Å². The Morgan fingerprint density at radius 3 is 1.62 bits per heavy atom. The molecule has 0 amide bonds. The van der Waals surface area contributed by atoms with Crippen LogP contribution in [0.4, 0.5) is 0 Å². The molecule has 8 heavy (non-hydrogen) atoms. The van der Waals surface area contributed by atoms with Gasteiger partial charge >= 0.3 is 0 Å². The van der Waals surface area contributed by atoms with Crippen LogP contribution in [0, 0.1) is 0 Å². The van der Waals surface area contributed by atoms with Gasteiger partial charge in [0.2, 0.25) is 0 Å². The number of aromatic nitrogens is 2. The quantitative estimate of drug-likeness (QED) is 0.690. The van der Waals surface area contributed by atoms with Gasteiger partial charge in [0, 0.05) is 0 Å². The Hall–Kier alpha value is 0.0400. The molecule has 0 atom stereocenters. The minimum absolute atomic E-state index is 0.924. The first-order chi connectivity index (χ1) is 3.80. The van der Waals surface area contributed by atoms with Gasteiger partial charge in [0.05, 0.1) is 21.3 Å². The third-order valence-corrected chi connectivity index (χ3v) is 2.43. The molecule has 0 fully saturated rings. The van der Waals surface area contributed by atoms with Crippen LogP contribution in [0.2, 0.25) is 0 Å². The molecule has 1 aromatic rings. The molecule has 0 aliphatic carbocycles. The summed E-state index contributed by atoms with van der Waals surface area (Å²) in [5.41, 5.74) is 0. The van der Waals surface area contributed by atoms with Crippen LogP contribution in [0.25, 0.3) is 0 Å². The number of hydrogen-bond acceptors (Lipinski definition) is 2. The summed E-state index contributed by atoms with van der Waals surface area (Å²) in [5, 5.41) is 7.24. The second-order valence-corrected chi connectivity index (χ2v) is 2.89. The monoisotopic (exact) mass is 236 g/mol. The van der Waals surface area contributed by atoms with E-state index < -0.39 is 0 Å². The second-order valence-electron chi connectivity index (χ2n) is 1.19. The van der Waals surface area contributed by atoms with E-state index >= 15 is 0 Å². The van der Waals surface area contributed by atoms with Gasteiger partial charge < -0.3 is 0 Å². The minimum Gasteiger partial charge on any atom is -0.158 e. The van der Waals surface area contributed by atoms with Crippen molar-refractivity contribution in [2.75, 3.05) is 0 Å². The maximum atomic E-state index is 3.62. The summed E-state index contributed by atoms with van der Waals surface area (Å²) < 4.78 is 1.85. The summed E-state index contributed by atoms with van der Waals surface area (Å²) in [4.78, 5) is 0. The molecule has 0 aliphatic heterocycles. The minimum atomic E-state index is 0.924. The van der Waals surface area contributed by atoms with E-state index in [0.717, 1.165) is 8.95 Å². The lowest BCUT2D eigenvalue weighted by molar-refractivity contribution is 1.01. The molecule has 0 N–H and O–H groups in total. The van der Waals surface area contributed by atoms with Crippen LogP contribution in [0.15, 0.2) is 21.3 Å². The SMILES string of the molecule is Brc1cnncc1Br. The Balaban J connectivity index is 3.13. The van der Waals surface area contributed by atoms with Crippen molar-refractivity contribution in [2.24, 2.45) is 0 Å². The highest BCUT2D eigenvalue weighted by Crippen LogP contribution is 2.18. The van der Waals surface area contributed by atoms with Gasteiger partial charge in [-0.1, -0.05) is 0 Å². The Bertz CT molecular complexity index is 168. The smallest absolute Gasteiger partial charge is 0.0649 e. The van der Waals surface area contributed by atoms with Crippen molar-refractivity contribution < 1.29 is 0 Å². The fourth-order valence-corrected chi connectivity index (χ4v) is 0.679. The van der Waals surface area contributed by atoms with Crippen LogP contribution >= 0.6 is 31.9 Å². The zero-order chi connectivity index (χ0) is 5.98. The molecule has 42 valence electrons. The van der Waals surface area contributed by atoms with E-state index in [1.54, 1.807) is 12.4 Å². The Morgan fingerprint density at radius 2 is 1.38 bits per heavy atom. The highest BCUT2D eigenvalue weighted by atomic mass is 79.9. The summed E-state index contributed by atoms with van der Waals surface area (Å²) in [6.45, 7) is 0. The van der Waals surface area contributed by atoms with Crippen molar-refractivity contribution in [1.82, 2.24) is 10.2 Å². The Labute approximate surface area is 63.6 Å². The predicted octanol–water partition coefficient (Wildman–Crippen LogP) is 2.00. The summed E-state index contributed by atoms with van der Waals surface area (Å²) in [7, 11) is 0. The molecule has 0 aromatic carbocycles. The molecule has 0 spiro atoms. The van der Waals surface area contributed by atoms with Crippen molar-refractivity contribution in [1.29, 1.82) is 0 Å². The van der Waals surface area contributed by atoms with Crippen LogP contribution in [-0.2, 0) is 0 Å². The van der Waals surface area contributed by atoms with Gasteiger partial charge in [0.25, 0.3) is 0 Å². The van der Waals surface area contributed by atoms with Crippen LogP contribution in [-0.4, -0.2) is 10.2 Å². The topological polar surface area (TPSA) is 25.8 Å². The van der Waals surface area contributed by atoms with Gasteiger partial charge in [-0.25, -0.2) is 0 Å². The van der Waals surface area contributed by atoms with Crippen molar-refractivity contribution >= 4 is 31.9 Å². The Kier molecular flexibility index (Phi) is 1.96. The summed E-state index contributed by atoms with van der Waals surface area (Å²) in [6.07, 6.45) is 3.26. The molecule has 0 saturated carbocycles. The molecule has 0 aliphatic rings. The summed E-state index contributed by atoms with van der Waals surface area (Å²) in [5.74, 6) is 0. The van der Waals surface area contributed by atoms with Crippen molar-refractivity contribution in [3.63, 3.8) is 0 Å². The largest absolute Gasteiger partial charge is 0.158 e. The molecule has 0 bridgehead atoms. The highest BCUT2D eigenvalue weighted by Gasteiger charge is 1.90. The predicted molar refractivity (Wildman–Crippen MR) is 37.4 cm³/mol. The first-order valence-electron chi connectivity index (χ1n) is 1.92. The van der Waals surface area contributed by atoms with Gasteiger partial charge in [-0.15, -0.1) is 0 Å². The average molecular weight is 238 g/mol. The van der Waals surface area contributed by atoms with Gasteiger partial charge in [-0.05, 0) is 31.9 Å². The van der Waals surface area contributed by atoms with Crippen molar-refractivity contribution in [3.8, 4) is 0 Å². The number of halogens is 2. The zero-order valence-electron chi connectivity index (χ0n) is 3.81. The van der Waals surface area contributed by atoms with E-state index in [9.17, 15) is 0 Å². The van der Waals surface area contributed by atoms with E-state index in [2.05, 4.69) is 42.1 Å². The van der Waals surface area contributed by atoms with E-state index in [1.807, 2.05) is 0 Å². The van der Waals surface area contributed by atoms with E-state index in [0.29, 0.717) is 0 Å². The summed E-state index contributed by atoms with van der Waals surface area (Å²) in [6, 6.07) is 0. The summed E-state index contributed by atoms with van der Waals surface area (Å²) >= 11 is 6.49. The number of nitrogens with zero attached hydrogens (tertiary/aromatic N) is 2. The third-order valence-electron chi connectivity index (χ3n) is 0.637. The molecule has 0 unspecified atom stereocenters. The molecule has 0 saturated heterocycles. The molecular weight excluding hydrogens is 236 g/mol. The lowest BCUT2D eigenvalue weighted by Gasteiger charge is -1.87. The van der Waals surface area contributed by atoms with Gasteiger partial charge in [-0.2, -0.15) is 10.2 Å². The lowest BCUT2D eigenvalue weighted by Crippen LogP contribution is -1.77. The fraction of sp³-hybridized carbons (Fsp3) is 0. The van der Waals surface area contributed by atoms with Crippen LogP contribution in [0.3, 0.4) is 0 Å². The molecule has 1 rings (SSSR count). The number of rotatable bonds is 0. The normalized spacial score (nSPS) is 9.25. The zero-order valence-corrected chi connectivity index (χ0v) is 6.98. The average Bonchev–Trinajstić information content (AvgIpc) is 1.77. The lowest BCUT2D eigenvalue weighted by atomic mass is 10.6. The van der Waals surface area contributed by atoms with Crippen molar-refractivity contribution in [3.05, 3.63) is 21.3 Å². The molecule has 1 heterocycles. The van der Waals surface area contributed by atoms with Crippen LogP contribution in [0.5, 0.6) is 0 Å². The fourth-order valence-electron chi connectivity index (χ4n) is 0.291. The molecule has 4 heteroatoms. The first kappa shape index (κ1) is 6.16. The second kappa shape index (κ2) is 2.55. The van der Waals surface area contributed by atoms with Crippen LogP contribution < -0.4 is 0 Å². The van der Waals surface area contributed by atoms with Crippen molar-refractivity contribution in [2.45, 2.75) is 0 Å². The highest BCUT2D eigenvalue weighted by molar-refractivity contribution is 9.13. The maximum Gasteiger partial charge on any atom is 0.0649 e. The molecule has 1 aromatic heterocycles. The molecule has 2 nitrogen and oxygen atoms in total.